The van der Waals surface area contributed by atoms with Gasteiger partial charge in [-0.2, -0.15) is 5.26 Å². The minimum atomic E-state index is -0.445. The van der Waals surface area contributed by atoms with E-state index in [-0.39, 0.29) is 29.5 Å². The highest BCUT2D eigenvalue weighted by atomic mass is 35.5. The Morgan fingerprint density at radius 3 is 2.56 bits per heavy atom. The zero-order valence-corrected chi connectivity index (χ0v) is 26.7. The lowest BCUT2D eigenvalue weighted by Gasteiger charge is -2.40. The van der Waals surface area contributed by atoms with Crippen LogP contribution in [0.3, 0.4) is 0 Å². The summed E-state index contributed by atoms with van der Waals surface area (Å²) in [5, 5.41) is 37.6. The summed E-state index contributed by atoms with van der Waals surface area (Å²) in [7, 11) is 0. The maximum absolute atomic E-state index is 14.0. The van der Waals surface area contributed by atoms with Gasteiger partial charge in [0.2, 0.25) is 0 Å². The fourth-order valence-corrected chi connectivity index (χ4v) is 6.90. The number of aliphatic hydroxyl groups excluding tert-OH is 1. The highest BCUT2D eigenvalue weighted by Crippen LogP contribution is 2.37. The van der Waals surface area contributed by atoms with Gasteiger partial charge >= 0.3 is 0 Å². The van der Waals surface area contributed by atoms with E-state index in [0.717, 1.165) is 50.8 Å². The molecular formula is C34H40ClFN8O. The number of hydrogen-bond acceptors (Lipinski definition) is 8. The molecule has 1 aliphatic carbocycles. The minimum absolute atomic E-state index is 0.0270. The second-order valence-corrected chi connectivity index (χ2v) is 13.7. The topological polar surface area (TPSA) is 115 Å². The van der Waals surface area contributed by atoms with Gasteiger partial charge in [0.25, 0.3) is 0 Å². The van der Waals surface area contributed by atoms with Gasteiger partial charge in [0.1, 0.15) is 17.6 Å². The van der Waals surface area contributed by atoms with Crippen molar-refractivity contribution in [3.8, 4) is 6.07 Å². The van der Waals surface area contributed by atoms with Crippen molar-refractivity contribution < 1.29 is 9.50 Å². The number of nitrogens with zero attached hydrogens (tertiary/aromatic N) is 6. The van der Waals surface area contributed by atoms with Gasteiger partial charge in [-0.05, 0) is 89.1 Å². The average molecular weight is 631 g/mol. The number of hydrogen-bond donors (Lipinski definition) is 3. The maximum Gasteiger partial charge on any atom is 0.123 e. The lowest BCUT2D eigenvalue weighted by molar-refractivity contribution is 0.0866. The van der Waals surface area contributed by atoms with E-state index in [4.69, 9.17) is 11.6 Å². The molecular weight excluding hydrogens is 591 g/mol. The third-order valence-corrected chi connectivity index (χ3v) is 9.45. The molecule has 3 heterocycles. The van der Waals surface area contributed by atoms with Crippen LogP contribution in [0.2, 0.25) is 5.02 Å². The maximum atomic E-state index is 14.0. The summed E-state index contributed by atoms with van der Waals surface area (Å²) in [6.45, 7) is 8.72. The lowest BCUT2D eigenvalue weighted by Crippen LogP contribution is -2.46. The van der Waals surface area contributed by atoms with Crippen LogP contribution in [0.15, 0.2) is 48.8 Å². The molecule has 1 aliphatic heterocycles. The summed E-state index contributed by atoms with van der Waals surface area (Å²) in [6, 6.07) is 12.2. The van der Waals surface area contributed by atoms with E-state index >= 15 is 0 Å². The van der Waals surface area contributed by atoms with Crippen LogP contribution in [0.4, 0.5) is 15.8 Å². The highest BCUT2D eigenvalue weighted by molar-refractivity contribution is 6.35. The summed E-state index contributed by atoms with van der Waals surface area (Å²) < 4.78 is 15.9. The van der Waals surface area contributed by atoms with Crippen molar-refractivity contribution in [1.29, 1.82) is 5.26 Å². The minimum Gasteiger partial charge on any atom is -0.393 e. The smallest absolute Gasteiger partial charge is 0.123 e. The molecule has 2 aromatic carbocycles. The fraction of sp³-hybridized carbons (Fsp3) is 0.471. The normalized spacial score (nSPS) is 20.6. The second kappa shape index (κ2) is 12.9. The third-order valence-electron chi connectivity index (χ3n) is 9.17. The second-order valence-electron chi connectivity index (χ2n) is 13.3. The van der Waals surface area contributed by atoms with Crippen molar-refractivity contribution in [3.63, 3.8) is 0 Å². The largest absolute Gasteiger partial charge is 0.393 e. The number of nitriles is 1. The molecule has 1 saturated heterocycles. The SMILES string of the molecule is CC(C)(C)N1CCC(n2cc(C(Nc3cc(Cl)c4ncc(C#N)c(NC5CCCC(O)C5)c4c3)c3ccc(F)cc3)nn2)CC1. The molecule has 11 heteroatoms. The zero-order valence-electron chi connectivity index (χ0n) is 26.0. The quantitative estimate of drug-likeness (QED) is 0.203. The number of aromatic nitrogens is 4. The van der Waals surface area contributed by atoms with Gasteiger partial charge < -0.3 is 15.7 Å². The molecule has 0 spiro atoms. The van der Waals surface area contributed by atoms with Crippen LogP contribution in [0.1, 0.15) is 88.2 Å². The van der Waals surface area contributed by atoms with Gasteiger partial charge in [0, 0.05) is 41.9 Å². The zero-order chi connectivity index (χ0) is 31.7. The van der Waals surface area contributed by atoms with Crippen LogP contribution in [0.5, 0.6) is 0 Å². The Kier molecular flexibility index (Phi) is 8.96. The molecule has 45 heavy (non-hydrogen) atoms. The Bertz CT molecular complexity index is 1690. The molecule has 4 aromatic rings. The predicted molar refractivity (Wildman–Crippen MR) is 175 cm³/mol. The van der Waals surface area contributed by atoms with E-state index in [1.165, 1.54) is 18.3 Å². The van der Waals surface area contributed by atoms with Crippen molar-refractivity contribution in [3.05, 3.63) is 76.5 Å². The van der Waals surface area contributed by atoms with Crippen molar-refractivity contribution in [1.82, 2.24) is 24.9 Å². The van der Waals surface area contributed by atoms with Crippen molar-refractivity contribution in [2.45, 2.75) is 89.1 Å². The number of aliphatic hydroxyl groups is 1. The van der Waals surface area contributed by atoms with Crippen LogP contribution in [0, 0.1) is 17.1 Å². The highest BCUT2D eigenvalue weighted by Gasteiger charge is 2.29. The number of benzene rings is 2. The first-order valence-corrected chi connectivity index (χ1v) is 16.1. The number of anilines is 2. The van der Waals surface area contributed by atoms with E-state index in [0.29, 0.717) is 45.0 Å². The van der Waals surface area contributed by atoms with Crippen LogP contribution in [-0.4, -0.2) is 60.8 Å². The monoisotopic (exact) mass is 630 g/mol. The molecule has 6 rings (SSSR count). The molecule has 9 nitrogen and oxygen atoms in total. The fourth-order valence-electron chi connectivity index (χ4n) is 6.63. The van der Waals surface area contributed by atoms with E-state index < -0.39 is 6.04 Å². The van der Waals surface area contributed by atoms with Crippen molar-refractivity contribution in [2.75, 3.05) is 23.7 Å². The van der Waals surface area contributed by atoms with E-state index in [1.807, 2.05) is 16.9 Å². The Morgan fingerprint density at radius 1 is 1.11 bits per heavy atom. The Morgan fingerprint density at radius 2 is 1.87 bits per heavy atom. The molecule has 3 N–H and O–H groups in total. The molecule has 0 amide bonds. The Hall–Kier alpha value is -3.78. The van der Waals surface area contributed by atoms with E-state index in [9.17, 15) is 14.8 Å². The van der Waals surface area contributed by atoms with Crippen molar-refractivity contribution >= 4 is 33.9 Å². The molecule has 2 aromatic heterocycles. The molecule has 0 bridgehead atoms. The number of rotatable bonds is 7. The van der Waals surface area contributed by atoms with Gasteiger partial charge in [-0.25, -0.2) is 9.07 Å². The number of pyridine rings is 1. The predicted octanol–water partition coefficient (Wildman–Crippen LogP) is 6.84. The van der Waals surface area contributed by atoms with Crippen LogP contribution in [-0.2, 0) is 0 Å². The molecule has 2 aliphatic rings. The number of piperidine rings is 1. The molecule has 3 atom stereocenters. The van der Waals surface area contributed by atoms with Gasteiger partial charge in [-0.3, -0.25) is 9.88 Å². The number of nitrogens with one attached hydrogen (secondary N) is 2. The number of fused-ring (bicyclic) bond motifs is 1. The molecule has 1 saturated carbocycles. The van der Waals surface area contributed by atoms with E-state index in [1.54, 1.807) is 18.2 Å². The summed E-state index contributed by atoms with van der Waals surface area (Å²) >= 11 is 6.80. The van der Waals surface area contributed by atoms with Gasteiger partial charge in [0.15, 0.2) is 0 Å². The summed E-state index contributed by atoms with van der Waals surface area (Å²) in [5.41, 5.74) is 3.98. The van der Waals surface area contributed by atoms with E-state index in [2.05, 4.69) is 57.7 Å². The van der Waals surface area contributed by atoms with Gasteiger partial charge in [0.05, 0.1) is 46.2 Å². The van der Waals surface area contributed by atoms with Gasteiger partial charge in [-0.1, -0.05) is 28.9 Å². The first-order valence-electron chi connectivity index (χ1n) is 15.7. The summed E-state index contributed by atoms with van der Waals surface area (Å²) in [5.74, 6) is -0.320. The lowest BCUT2D eigenvalue weighted by atomic mass is 9.92. The standard InChI is InChI=1S/C34H40ClFN8O/c1-34(2,3)43-13-11-26(12-14-43)44-20-30(41-42-44)32(21-7-9-23(36)10-8-21)40-25-16-28-31(39-24-5-4-6-27(45)15-24)22(18-37)19-38-33(28)29(35)17-25/h7-10,16-17,19-20,24,26-27,32,40,45H,4-6,11-15H2,1-3H3,(H,38,39). The molecule has 2 fully saturated rings. The van der Waals surface area contributed by atoms with Gasteiger partial charge in [-0.15, -0.1) is 5.10 Å². The number of likely N-dealkylation sites (tertiary alicyclic amines) is 1. The first-order chi connectivity index (χ1) is 21.6. The summed E-state index contributed by atoms with van der Waals surface area (Å²) in [6.07, 6.45) is 8.32. The van der Waals surface area contributed by atoms with Crippen LogP contribution < -0.4 is 10.6 Å². The molecule has 0 radical (unpaired) electrons. The van der Waals surface area contributed by atoms with Crippen molar-refractivity contribution in [2.24, 2.45) is 0 Å². The number of halogens is 2. The van der Waals surface area contributed by atoms with Crippen LogP contribution >= 0.6 is 11.6 Å². The van der Waals surface area contributed by atoms with Crippen LogP contribution in [0.25, 0.3) is 10.9 Å². The molecule has 3 unspecified atom stereocenters. The summed E-state index contributed by atoms with van der Waals surface area (Å²) in [4.78, 5) is 7.00. The average Bonchev–Trinajstić information content (AvgIpc) is 3.51. The molecule has 236 valence electrons. The third kappa shape index (κ3) is 6.91. The first kappa shape index (κ1) is 31.2. The Labute approximate surface area is 268 Å². The Balaban J connectivity index is 1.33.